The van der Waals surface area contributed by atoms with Gasteiger partial charge in [0.15, 0.2) is 0 Å². The highest BCUT2D eigenvalue weighted by molar-refractivity contribution is 7.89. The van der Waals surface area contributed by atoms with Crippen LogP contribution < -0.4 is 4.72 Å². The molecule has 2 heterocycles. The minimum atomic E-state index is -3.79. The first-order valence-electron chi connectivity index (χ1n) is 5.74. The number of carboxylic acid groups (broad SMARTS) is 1. The van der Waals surface area contributed by atoms with Crippen molar-refractivity contribution < 1.29 is 27.2 Å². The fourth-order valence-corrected chi connectivity index (χ4v) is 2.89. The number of furan rings is 2. The smallest absolute Gasteiger partial charge is 0.371 e. The van der Waals surface area contributed by atoms with Gasteiger partial charge in [0.2, 0.25) is 15.8 Å². The molecule has 0 aliphatic heterocycles. The van der Waals surface area contributed by atoms with E-state index in [0.717, 1.165) is 11.6 Å². The van der Waals surface area contributed by atoms with E-state index in [1.165, 1.54) is 19.5 Å². The molecule has 8 heteroatoms. The zero-order valence-corrected chi connectivity index (χ0v) is 11.4. The van der Waals surface area contributed by atoms with E-state index in [1.54, 1.807) is 6.07 Å². The van der Waals surface area contributed by atoms with Gasteiger partial charge >= 0.3 is 5.97 Å². The molecular formula is C12H13NO6S. The van der Waals surface area contributed by atoms with Crippen LogP contribution in [0.1, 0.15) is 21.9 Å². The number of nitrogens with one attached hydrogen (secondary N) is 1. The van der Waals surface area contributed by atoms with E-state index in [9.17, 15) is 13.2 Å². The maximum atomic E-state index is 12.0. The van der Waals surface area contributed by atoms with E-state index < -0.39 is 21.8 Å². The molecule has 0 saturated carbocycles. The molecule has 2 N–H and O–H groups in total. The van der Waals surface area contributed by atoms with Crippen LogP contribution in [0.15, 0.2) is 38.4 Å². The summed E-state index contributed by atoms with van der Waals surface area (Å²) in [4.78, 5) is 10.6. The van der Waals surface area contributed by atoms with Gasteiger partial charge in [0.25, 0.3) is 0 Å². The predicted molar refractivity (Wildman–Crippen MR) is 68.0 cm³/mol. The van der Waals surface area contributed by atoms with Crippen LogP contribution in [0.2, 0.25) is 0 Å². The Labute approximate surface area is 115 Å². The molecule has 108 valence electrons. The first-order chi connectivity index (χ1) is 9.40. The van der Waals surface area contributed by atoms with Gasteiger partial charge in [0.05, 0.1) is 12.5 Å². The number of aromatic carboxylic acids is 1. The molecule has 2 aromatic heterocycles. The third-order valence-electron chi connectivity index (χ3n) is 2.66. The second-order valence-corrected chi connectivity index (χ2v) is 5.85. The van der Waals surface area contributed by atoms with Crippen LogP contribution in [0.3, 0.4) is 0 Å². The van der Waals surface area contributed by atoms with Gasteiger partial charge in [-0.3, -0.25) is 0 Å². The Balaban J connectivity index is 2.08. The van der Waals surface area contributed by atoms with Gasteiger partial charge < -0.3 is 13.9 Å². The fourth-order valence-electron chi connectivity index (χ4n) is 1.68. The Morgan fingerprint density at radius 3 is 2.75 bits per heavy atom. The summed E-state index contributed by atoms with van der Waals surface area (Å²) in [6, 6.07) is 2.73. The minimum absolute atomic E-state index is 0.0400. The molecule has 0 atom stereocenters. The Kier molecular flexibility index (Phi) is 3.96. The zero-order valence-electron chi connectivity index (χ0n) is 10.6. The molecule has 7 nitrogen and oxygen atoms in total. The highest BCUT2D eigenvalue weighted by atomic mass is 32.2. The third kappa shape index (κ3) is 3.09. The van der Waals surface area contributed by atoms with E-state index >= 15 is 0 Å². The van der Waals surface area contributed by atoms with E-state index in [2.05, 4.69) is 4.72 Å². The Morgan fingerprint density at radius 2 is 2.20 bits per heavy atom. The Bertz CT molecular complexity index is 698. The second-order valence-electron chi connectivity index (χ2n) is 4.12. The standard InChI is InChI=1S/C12H13NO6S/c1-8-11(6-10(19-8)12(14)15)20(16,17)13-4-2-9-3-5-18-7-9/h3,5-7,13H,2,4H2,1H3,(H,14,15). The molecular weight excluding hydrogens is 286 g/mol. The summed E-state index contributed by atoms with van der Waals surface area (Å²) in [5.74, 6) is -1.68. The van der Waals surface area contributed by atoms with Gasteiger partial charge in [-0.1, -0.05) is 0 Å². The lowest BCUT2D eigenvalue weighted by Gasteiger charge is -2.04. The number of sulfonamides is 1. The number of carboxylic acids is 1. The summed E-state index contributed by atoms with van der Waals surface area (Å²) < 4.78 is 36.2. The molecule has 0 aliphatic carbocycles. The Morgan fingerprint density at radius 1 is 1.45 bits per heavy atom. The van der Waals surface area contributed by atoms with Crippen molar-refractivity contribution in [2.75, 3.05) is 6.54 Å². The van der Waals surface area contributed by atoms with Crippen molar-refractivity contribution in [2.24, 2.45) is 0 Å². The van der Waals surface area contributed by atoms with Crippen molar-refractivity contribution >= 4 is 16.0 Å². The predicted octanol–water partition coefficient (Wildman–Crippen LogP) is 1.40. The van der Waals surface area contributed by atoms with E-state index in [0.29, 0.717) is 6.42 Å². The van der Waals surface area contributed by atoms with Gasteiger partial charge in [-0.15, -0.1) is 0 Å². The van der Waals surface area contributed by atoms with Crippen LogP contribution in [0.25, 0.3) is 0 Å². The fraction of sp³-hybridized carbons (Fsp3) is 0.250. The van der Waals surface area contributed by atoms with Gasteiger partial charge in [-0.2, -0.15) is 0 Å². The number of carbonyl (C=O) groups is 1. The average Bonchev–Trinajstić information content (AvgIpc) is 2.98. The normalized spacial score (nSPS) is 11.7. The van der Waals surface area contributed by atoms with E-state index in [-0.39, 0.29) is 17.2 Å². The summed E-state index contributed by atoms with van der Waals surface area (Å²) in [7, 11) is -3.79. The maximum absolute atomic E-state index is 12.0. The number of hydrogen-bond acceptors (Lipinski definition) is 5. The first-order valence-corrected chi connectivity index (χ1v) is 7.23. The largest absolute Gasteiger partial charge is 0.475 e. The van der Waals surface area contributed by atoms with Crippen molar-refractivity contribution in [1.82, 2.24) is 4.72 Å². The number of rotatable bonds is 6. The van der Waals surface area contributed by atoms with Crippen LogP contribution in [-0.4, -0.2) is 26.0 Å². The molecule has 2 aromatic rings. The van der Waals surface area contributed by atoms with Crippen molar-refractivity contribution in [1.29, 1.82) is 0 Å². The van der Waals surface area contributed by atoms with E-state index in [1.807, 2.05) is 0 Å². The van der Waals surface area contributed by atoms with Crippen molar-refractivity contribution in [2.45, 2.75) is 18.2 Å². The zero-order chi connectivity index (χ0) is 14.8. The summed E-state index contributed by atoms with van der Waals surface area (Å²) in [6.45, 7) is 1.58. The Hall–Kier alpha value is -2.06. The van der Waals surface area contributed by atoms with Crippen LogP contribution in [0.5, 0.6) is 0 Å². The van der Waals surface area contributed by atoms with Gasteiger partial charge in [-0.05, 0) is 25.0 Å². The first kappa shape index (κ1) is 14.4. The van der Waals surface area contributed by atoms with Gasteiger partial charge in [0, 0.05) is 12.6 Å². The molecule has 20 heavy (non-hydrogen) atoms. The van der Waals surface area contributed by atoms with Crippen molar-refractivity contribution in [3.8, 4) is 0 Å². The monoisotopic (exact) mass is 299 g/mol. The summed E-state index contributed by atoms with van der Waals surface area (Å²) >= 11 is 0. The maximum Gasteiger partial charge on any atom is 0.371 e. The summed E-state index contributed by atoms with van der Waals surface area (Å²) in [6.07, 6.45) is 3.50. The van der Waals surface area contributed by atoms with Crippen LogP contribution >= 0.6 is 0 Å². The molecule has 0 bridgehead atoms. The second kappa shape index (κ2) is 5.51. The lowest BCUT2D eigenvalue weighted by atomic mass is 10.2. The topological polar surface area (TPSA) is 110 Å². The average molecular weight is 299 g/mol. The molecule has 0 spiro atoms. The van der Waals surface area contributed by atoms with Crippen LogP contribution in [0, 0.1) is 6.92 Å². The highest BCUT2D eigenvalue weighted by Gasteiger charge is 2.23. The van der Waals surface area contributed by atoms with Crippen molar-refractivity contribution in [3.63, 3.8) is 0 Å². The summed E-state index contributed by atoms with van der Waals surface area (Å²) in [5, 5.41) is 8.77. The molecule has 0 amide bonds. The van der Waals surface area contributed by atoms with Crippen LogP contribution in [-0.2, 0) is 16.4 Å². The van der Waals surface area contributed by atoms with E-state index in [4.69, 9.17) is 13.9 Å². The summed E-state index contributed by atoms with van der Waals surface area (Å²) in [5.41, 5.74) is 0.864. The molecule has 0 saturated heterocycles. The lowest BCUT2D eigenvalue weighted by Crippen LogP contribution is -2.26. The number of aryl methyl sites for hydroxylation is 1. The quantitative estimate of drug-likeness (QED) is 0.834. The third-order valence-corrected chi connectivity index (χ3v) is 4.23. The number of hydrogen-bond donors (Lipinski definition) is 2. The molecule has 0 radical (unpaired) electrons. The molecule has 0 aromatic carbocycles. The molecule has 0 fully saturated rings. The van der Waals surface area contributed by atoms with Crippen molar-refractivity contribution in [3.05, 3.63) is 41.7 Å². The van der Waals surface area contributed by atoms with Gasteiger partial charge in [0.1, 0.15) is 10.7 Å². The molecule has 0 aliphatic rings. The lowest BCUT2D eigenvalue weighted by molar-refractivity contribution is 0.0661. The highest BCUT2D eigenvalue weighted by Crippen LogP contribution is 2.19. The van der Waals surface area contributed by atoms with Gasteiger partial charge in [-0.25, -0.2) is 17.9 Å². The minimum Gasteiger partial charge on any atom is -0.475 e. The SMILES string of the molecule is Cc1oc(C(=O)O)cc1S(=O)(=O)NCCc1ccoc1. The molecule has 2 rings (SSSR count). The molecule has 0 unspecified atom stereocenters. The van der Waals surface area contributed by atoms with Crippen LogP contribution in [0.4, 0.5) is 0 Å².